The molecule has 8 nitrogen and oxygen atoms in total. The third kappa shape index (κ3) is 5.40. The zero-order valence-electron chi connectivity index (χ0n) is 18.8. The minimum absolute atomic E-state index is 0.0532. The number of hydrogen-bond donors (Lipinski definition) is 2. The van der Waals surface area contributed by atoms with E-state index >= 15 is 0 Å². The van der Waals surface area contributed by atoms with Gasteiger partial charge in [0.05, 0.1) is 30.8 Å². The summed E-state index contributed by atoms with van der Waals surface area (Å²) in [5.74, 6) is -4.71. The first kappa shape index (κ1) is 26.1. The lowest BCUT2D eigenvalue weighted by molar-refractivity contribution is -0.141. The van der Waals surface area contributed by atoms with Crippen LogP contribution in [-0.2, 0) is 33.5 Å². The lowest BCUT2D eigenvalue weighted by atomic mass is 9.93. The Kier molecular flexibility index (Phi) is 6.91. The van der Waals surface area contributed by atoms with E-state index in [1.54, 1.807) is 0 Å². The summed E-state index contributed by atoms with van der Waals surface area (Å²) in [5, 5.41) is 9.11. The van der Waals surface area contributed by atoms with Crippen LogP contribution in [0.25, 0.3) is 0 Å². The Bertz CT molecular complexity index is 1420. The maximum atomic E-state index is 14.1. The molecule has 37 heavy (non-hydrogen) atoms. The molecule has 1 aromatic heterocycles. The number of nitrogens with zero attached hydrogens (tertiary/aromatic N) is 2. The molecule has 2 amide bonds. The van der Waals surface area contributed by atoms with Crippen molar-refractivity contribution in [2.24, 2.45) is 0 Å². The van der Waals surface area contributed by atoms with E-state index in [1.165, 1.54) is 6.07 Å². The van der Waals surface area contributed by atoms with E-state index in [1.807, 2.05) is 0 Å². The summed E-state index contributed by atoms with van der Waals surface area (Å²) in [6.07, 6.45) is -5.22. The number of halogens is 6. The van der Waals surface area contributed by atoms with Crippen LogP contribution in [0.15, 0.2) is 36.4 Å². The molecule has 2 heterocycles. The second-order valence-electron chi connectivity index (χ2n) is 7.97. The van der Waals surface area contributed by atoms with Crippen LogP contribution in [0.1, 0.15) is 38.8 Å². The smallest absolute Gasteiger partial charge is 0.416 e. The van der Waals surface area contributed by atoms with Gasteiger partial charge in [0.2, 0.25) is 5.91 Å². The van der Waals surface area contributed by atoms with Crippen LogP contribution >= 0.6 is 11.6 Å². The van der Waals surface area contributed by atoms with Gasteiger partial charge in [-0.3, -0.25) is 19.1 Å². The summed E-state index contributed by atoms with van der Waals surface area (Å²) >= 11 is 6.23. The number of ether oxygens (including phenoxy) is 1. The molecule has 2 aromatic carbocycles. The molecule has 4 rings (SSSR count). The van der Waals surface area contributed by atoms with Crippen molar-refractivity contribution in [1.82, 2.24) is 15.1 Å². The van der Waals surface area contributed by atoms with Gasteiger partial charge in [-0.25, -0.2) is 8.78 Å². The normalized spacial score (nSPS) is 15.1. The average molecular weight is 543 g/mol. The molecule has 0 radical (unpaired) electrons. The SMILES string of the molecule is COC(=O)Cn1nc(NC(=O)c2cc(F)cc(C(F)(F)F)c2)c2c1CC(=O)NC2c1cc(F)ccc1Cl. The van der Waals surface area contributed by atoms with E-state index in [9.17, 15) is 36.3 Å². The number of nitrogens with one attached hydrogen (secondary N) is 2. The number of rotatable bonds is 5. The van der Waals surface area contributed by atoms with Crippen LogP contribution in [0.4, 0.5) is 27.8 Å². The summed E-state index contributed by atoms with van der Waals surface area (Å²) in [6, 6.07) is 3.52. The first-order chi connectivity index (χ1) is 17.4. The lowest BCUT2D eigenvalue weighted by Gasteiger charge is -2.26. The predicted molar refractivity (Wildman–Crippen MR) is 119 cm³/mol. The minimum atomic E-state index is -4.91. The van der Waals surface area contributed by atoms with Crippen molar-refractivity contribution in [2.45, 2.75) is 25.2 Å². The molecule has 3 aromatic rings. The number of alkyl halides is 3. The molecule has 194 valence electrons. The minimum Gasteiger partial charge on any atom is -0.468 e. The number of methoxy groups -OCH3 is 1. The van der Waals surface area contributed by atoms with Crippen molar-refractivity contribution in [3.63, 3.8) is 0 Å². The molecular formula is C23H16ClF5N4O4. The molecule has 0 spiro atoms. The number of carbonyl (C=O) groups excluding carboxylic acids is 3. The van der Waals surface area contributed by atoms with E-state index in [2.05, 4.69) is 20.5 Å². The first-order valence-corrected chi connectivity index (χ1v) is 10.8. The lowest BCUT2D eigenvalue weighted by Crippen LogP contribution is -2.37. The highest BCUT2D eigenvalue weighted by Crippen LogP contribution is 2.38. The van der Waals surface area contributed by atoms with Crippen molar-refractivity contribution in [3.8, 4) is 0 Å². The Hall–Kier alpha value is -4.00. The standard InChI is InChI=1S/C23H16ClF5N4O4/c1-37-18(35)9-33-16-8-17(34)30-20(14-7-12(25)2-3-15(14)24)19(16)21(32-33)31-22(36)10-4-11(23(27,28)29)6-13(26)5-10/h2-7,20H,8-9H2,1H3,(H,30,34)(H,31,32,36). The third-order valence-electron chi connectivity index (χ3n) is 5.52. The highest BCUT2D eigenvalue weighted by Gasteiger charge is 2.36. The van der Waals surface area contributed by atoms with E-state index in [0.717, 1.165) is 23.9 Å². The van der Waals surface area contributed by atoms with Crippen LogP contribution in [0, 0.1) is 11.6 Å². The molecule has 1 aliphatic heterocycles. The van der Waals surface area contributed by atoms with Gasteiger partial charge >= 0.3 is 12.1 Å². The van der Waals surface area contributed by atoms with Crippen molar-refractivity contribution < 1.29 is 41.1 Å². The van der Waals surface area contributed by atoms with Gasteiger partial charge in [-0.1, -0.05) is 11.6 Å². The van der Waals surface area contributed by atoms with Crippen molar-refractivity contribution in [3.05, 3.63) is 81.0 Å². The maximum absolute atomic E-state index is 14.1. The van der Waals surface area contributed by atoms with Gasteiger partial charge in [0.15, 0.2) is 5.82 Å². The maximum Gasteiger partial charge on any atom is 0.416 e. The molecule has 14 heteroatoms. The number of anilines is 1. The van der Waals surface area contributed by atoms with Crippen LogP contribution in [0.2, 0.25) is 5.02 Å². The molecular weight excluding hydrogens is 527 g/mol. The van der Waals surface area contributed by atoms with Gasteiger partial charge < -0.3 is 15.4 Å². The topological polar surface area (TPSA) is 102 Å². The van der Waals surface area contributed by atoms with Gasteiger partial charge in [-0.15, -0.1) is 0 Å². The summed E-state index contributed by atoms with van der Waals surface area (Å²) in [5.41, 5.74) is -1.70. The highest BCUT2D eigenvalue weighted by atomic mass is 35.5. The van der Waals surface area contributed by atoms with Crippen LogP contribution in [0.3, 0.4) is 0 Å². The van der Waals surface area contributed by atoms with Gasteiger partial charge in [0.1, 0.15) is 18.2 Å². The molecule has 0 aliphatic carbocycles. The number of benzene rings is 2. The fourth-order valence-corrected chi connectivity index (χ4v) is 4.11. The Balaban J connectivity index is 1.83. The Labute approximate surface area is 210 Å². The summed E-state index contributed by atoms with van der Waals surface area (Å²) in [4.78, 5) is 37.3. The third-order valence-corrected chi connectivity index (χ3v) is 5.86. The molecule has 0 fully saturated rings. The molecule has 1 unspecified atom stereocenters. The number of aromatic nitrogens is 2. The molecule has 0 bridgehead atoms. The Morgan fingerprint density at radius 3 is 2.59 bits per heavy atom. The summed E-state index contributed by atoms with van der Waals surface area (Å²) in [7, 11) is 1.12. The van der Waals surface area contributed by atoms with E-state index in [0.29, 0.717) is 12.1 Å². The molecule has 1 atom stereocenters. The molecule has 2 N–H and O–H groups in total. The average Bonchev–Trinajstić information content (AvgIpc) is 3.15. The zero-order valence-corrected chi connectivity index (χ0v) is 19.5. The van der Waals surface area contributed by atoms with Gasteiger partial charge in [0.25, 0.3) is 5.91 Å². The molecule has 0 saturated heterocycles. The van der Waals surface area contributed by atoms with E-state index < -0.39 is 59.3 Å². The van der Waals surface area contributed by atoms with Crippen molar-refractivity contribution >= 4 is 35.2 Å². The fourth-order valence-electron chi connectivity index (χ4n) is 3.88. The number of fused-ring (bicyclic) bond motifs is 1. The predicted octanol–water partition coefficient (Wildman–Crippen LogP) is 4.02. The highest BCUT2D eigenvalue weighted by molar-refractivity contribution is 6.31. The number of carbonyl (C=O) groups is 3. The number of amides is 2. The molecule has 1 aliphatic rings. The summed E-state index contributed by atoms with van der Waals surface area (Å²) < 4.78 is 73.0. The first-order valence-electron chi connectivity index (χ1n) is 10.5. The fraction of sp³-hybridized carbons (Fsp3) is 0.217. The van der Waals surface area contributed by atoms with E-state index in [4.69, 9.17) is 11.6 Å². The Morgan fingerprint density at radius 2 is 1.92 bits per heavy atom. The monoisotopic (exact) mass is 542 g/mol. The van der Waals surface area contributed by atoms with Crippen molar-refractivity contribution in [1.29, 1.82) is 0 Å². The number of esters is 1. The van der Waals surface area contributed by atoms with Crippen LogP contribution in [0.5, 0.6) is 0 Å². The van der Waals surface area contributed by atoms with Gasteiger partial charge in [-0.05, 0) is 36.4 Å². The quantitative estimate of drug-likeness (QED) is 0.375. The Morgan fingerprint density at radius 1 is 1.19 bits per heavy atom. The second-order valence-corrected chi connectivity index (χ2v) is 8.37. The van der Waals surface area contributed by atoms with Gasteiger partial charge in [0, 0.05) is 21.7 Å². The second kappa shape index (κ2) is 9.81. The van der Waals surface area contributed by atoms with Crippen molar-refractivity contribution in [2.75, 3.05) is 12.4 Å². The molecule has 0 saturated carbocycles. The van der Waals surface area contributed by atoms with E-state index in [-0.39, 0.29) is 40.1 Å². The van der Waals surface area contributed by atoms with Crippen LogP contribution < -0.4 is 10.6 Å². The summed E-state index contributed by atoms with van der Waals surface area (Å²) in [6.45, 7) is -0.482. The zero-order chi connectivity index (χ0) is 27.1. The largest absolute Gasteiger partial charge is 0.468 e. The van der Waals surface area contributed by atoms with Crippen LogP contribution in [-0.4, -0.2) is 34.7 Å². The number of hydrogen-bond acceptors (Lipinski definition) is 5. The van der Waals surface area contributed by atoms with Gasteiger partial charge in [-0.2, -0.15) is 18.3 Å².